The number of aromatic nitrogens is 1. The van der Waals surface area contributed by atoms with E-state index in [0.29, 0.717) is 17.2 Å². The topological polar surface area (TPSA) is 86.5 Å². The SMILES string of the molecule is Cc1cnc(O[C@@H]2CCCNC2)c2cc(OC(C)C)c(C(N)=O)cc12. The predicted octanol–water partition coefficient (Wildman–Crippen LogP) is 2.56. The van der Waals surface area contributed by atoms with Crippen molar-refractivity contribution in [1.82, 2.24) is 10.3 Å². The number of primary amides is 1. The second-order valence-corrected chi connectivity index (χ2v) is 6.76. The number of piperidine rings is 1. The first kappa shape index (κ1) is 17.5. The van der Waals surface area contributed by atoms with Gasteiger partial charge in [-0.15, -0.1) is 0 Å². The maximum Gasteiger partial charge on any atom is 0.252 e. The van der Waals surface area contributed by atoms with E-state index in [0.717, 1.165) is 42.3 Å². The molecule has 1 aliphatic heterocycles. The highest BCUT2D eigenvalue weighted by Crippen LogP contribution is 2.34. The Kier molecular flexibility index (Phi) is 5.08. The Morgan fingerprint density at radius 3 is 2.80 bits per heavy atom. The van der Waals surface area contributed by atoms with Crippen LogP contribution in [0.5, 0.6) is 11.6 Å². The summed E-state index contributed by atoms with van der Waals surface area (Å²) in [6.07, 6.45) is 3.88. The zero-order valence-electron chi connectivity index (χ0n) is 15.0. The fraction of sp³-hybridized carbons (Fsp3) is 0.474. The van der Waals surface area contributed by atoms with Crippen LogP contribution in [0.15, 0.2) is 18.3 Å². The Labute approximate surface area is 147 Å². The molecule has 2 aromatic rings. The van der Waals surface area contributed by atoms with E-state index in [1.165, 1.54) is 0 Å². The summed E-state index contributed by atoms with van der Waals surface area (Å²) in [5, 5.41) is 5.08. The van der Waals surface area contributed by atoms with Gasteiger partial charge < -0.3 is 20.5 Å². The number of carbonyl (C=O) groups excluding carboxylic acids is 1. The lowest BCUT2D eigenvalue weighted by atomic mass is 10.0. The largest absolute Gasteiger partial charge is 0.490 e. The Morgan fingerprint density at radius 2 is 2.16 bits per heavy atom. The van der Waals surface area contributed by atoms with Gasteiger partial charge in [-0.3, -0.25) is 4.79 Å². The molecule has 0 radical (unpaired) electrons. The molecular formula is C19H25N3O3. The van der Waals surface area contributed by atoms with Gasteiger partial charge in [0.1, 0.15) is 11.9 Å². The van der Waals surface area contributed by atoms with Crippen molar-refractivity contribution in [2.24, 2.45) is 5.73 Å². The van der Waals surface area contributed by atoms with E-state index in [-0.39, 0.29) is 12.2 Å². The van der Waals surface area contributed by atoms with Crippen molar-refractivity contribution in [1.29, 1.82) is 0 Å². The van der Waals surface area contributed by atoms with Gasteiger partial charge in [0.2, 0.25) is 5.88 Å². The van der Waals surface area contributed by atoms with Crippen molar-refractivity contribution in [3.05, 3.63) is 29.5 Å². The molecule has 1 aromatic heterocycles. The molecule has 3 rings (SSSR count). The van der Waals surface area contributed by atoms with Crippen LogP contribution in [0.2, 0.25) is 0 Å². The molecule has 0 saturated carbocycles. The summed E-state index contributed by atoms with van der Waals surface area (Å²) in [7, 11) is 0. The van der Waals surface area contributed by atoms with Crippen molar-refractivity contribution in [2.75, 3.05) is 13.1 Å². The zero-order chi connectivity index (χ0) is 18.0. The van der Waals surface area contributed by atoms with E-state index in [1.54, 1.807) is 12.3 Å². The van der Waals surface area contributed by atoms with Gasteiger partial charge in [0.05, 0.1) is 11.7 Å². The average Bonchev–Trinajstić information content (AvgIpc) is 2.57. The van der Waals surface area contributed by atoms with Gasteiger partial charge in [0.25, 0.3) is 5.91 Å². The predicted molar refractivity (Wildman–Crippen MR) is 97.3 cm³/mol. The van der Waals surface area contributed by atoms with Gasteiger partial charge >= 0.3 is 0 Å². The second kappa shape index (κ2) is 7.27. The third-order valence-electron chi connectivity index (χ3n) is 4.31. The molecule has 1 aromatic carbocycles. The van der Waals surface area contributed by atoms with Gasteiger partial charge in [-0.2, -0.15) is 0 Å². The highest BCUT2D eigenvalue weighted by atomic mass is 16.5. The first-order chi connectivity index (χ1) is 12.0. The van der Waals surface area contributed by atoms with Crippen molar-refractivity contribution in [3.8, 4) is 11.6 Å². The minimum atomic E-state index is -0.507. The Morgan fingerprint density at radius 1 is 1.36 bits per heavy atom. The number of ether oxygens (including phenoxy) is 2. The lowest BCUT2D eigenvalue weighted by molar-refractivity contribution is 0.0994. The van der Waals surface area contributed by atoms with Crippen LogP contribution in [0.1, 0.15) is 42.6 Å². The highest BCUT2D eigenvalue weighted by molar-refractivity contribution is 6.02. The van der Waals surface area contributed by atoms with Crippen molar-refractivity contribution >= 4 is 16.7 Å². The molecule has 1 amide bonds. The van der Waals surface area contributed by atoms with Gasteiger partial charge in [-0.05, 0) is 63.2 Å². The molecule has 0 aliphatic carbocycles. The molecule has 0 unspecified atom stereocenters. The number of carbonyl (C=O) groups is 1. The molecule has 1 atom stereocenters. The Hall–Kier alpha value is -2.34. The standard InChI is InChI=1S/C19H25N3O3/c1-11(2)24-17-8-15-14(7-16(17)18(20)23)12(3)9-22-19(15)25-13-5-4-6-21-10-13/h7-9,11,13,21H,4-6,10H2,1-3H3,(H2,20,23)/t13-/m1/s1. The molecule has 1 saturated heterocycles. The van der Waals surface area contributed by atoms with Crippen LogP contribution in [0.25, 0.3) is 10.8 Å². The first-order valence-electron chi connectivity index (χ1n) is 8.73. The highest BCUT2D eigenvalue weighted by Gasteiger charge is 2.20. The van der Waals surface area contributed by atoms with E-state index in [1.807, 2.05) is 26.8 Å². The molecule has 0 spiro atoms. The van der Waals surface area contributed by atoms with Gasteiger partial charge in [0.15, 0.2) is 0 Å². The number of benzene rings is 1. The second-order valence-electron chi connectivity index (χ2n) is 6.76. The number of hydrogen-bond donors (Lipinski definition) is 2. The number of rotatable bonds is 5. The molecule has 6 heteroatoms. The summed E-state index contributed by atoms with van der Waals surface area (Å²) in [6.45, 7) is 7.61. The summed E-state index contributed by atoms with van der Waals surface area (Å²) in [4.78, 5) is 16.3. The summed E-state index contributed by atoms with van der Waals surface area (Å²) in [6, 6.07) is 3.60. The number of aryl methyl sites for hydroxylation is 1. The monoisotopic (exact) mass is 343 g/mol. The minimum Gasteiger partial charge on any atom is -0.490 e. The number of amides is 1. The van der Waals surface area contributed by atoms with Crippen LogP contribution in [0.3, 0.4) is 0 Å². The maximum atomic E-state index is 11.8. The third-order valence-corrected chi connectivity index (χ3v) is 4.31. The van der Waals surface area contributed by atoms with Crippen LogP contribution in [0, 0.1) is 6.92 Å². The van der Waals surface area contributed by atoms with Crippen molar-refractivity contribution in [3.63, 3.8) is 0 Å². The first-order valence-corrected chi connectivity index (χ1v) is 8.73. The lowest BCUT2D eigenvalue weighted by Gasteiger charge is -2.24. The van der Waals surface area contributed by atoms with E-state index < -0.39 is 5.91 Å². The van der Waals surface area contributed by atoms with Crippen LogP contribution < -0.4 is 20.5 Å². The zero-order valence-corrected chi connectivity index (χ0v) is 15.0. The third kappa shape index (κ3) is 3.85. The fourth-order valence-electron chi connectivity index (χ4n) is 3.09. The number of nitrogens with zero attached hydrogens (tertiary/aromatic N) is 1. The molecular weight excluding hydrogens is 318 g/mol. The van der Waals surface area contributed by atoms with Crippen LogP contribution in [-0.4, -0.2) is 36.2 Å². The summed E-state index contributed by atoms with van der Waals surface area (Å²) in [5.74, 6) is 0.528. The summed E-state index contributed by atoms with van der Waals surface area (Å²) in [5.41, 5.74) is 6.88. The van der Waals surface area contributed by atoms with Crippen LogP contribution in [-0.2, 0) is 0 Å². The molecule has 25 heavy (non-hydrogen) atoms. The molecule has 0 bridgehead atoms. The number of hydrogen-bond acceptors (Lipinski definition) is 5. The van der Waals surface area contributed by atoms with Gasteiger partial charge in [0, 0.05) is 18.1 Å². The fourth-order valence-corrected chi connectivity index (χ4v) is 3.09. The summed E-state index contributed by atoms with van der Waals surface area (Å²) >= 11 is 0. The number of nitrogens with two attached hydrogens (primary N) is 1. The van der Waals surface area contributed by atoms with Crippen molar-refractivity contribution < 1.29 is 14.3 Å². The number of pyridine rings is 1. The average molecular weight is 343 g/mol. The Bertz CT molecular complexity index is 783. The van der Waals surface area contributed by atoms with Gasteiger partial charge in [-0.1, -0.05) is 0 Å². The van der Waals surface area contributed by atoms with E-state index in [2.05, 4.69) is 10.3 Å². The summed E-state index contributed by atoms with van der Waals surface area (Å²) < 4.78 is 11.9. The van der Waals surface area contributed by atoms with E-state index >= 15 is 0 Å². The quantitative estimate of drug-likeness (QED) is 0.871. The smallest absolute Gasteiger partial charge is 0.252 e. The van der Waals surface area contributed by atoms with E-state index in [9.17, 15) is 4.79 Å². The van der Waals surface area contributed by atoms with Crippen molar-refractivity contribution in [2.45, 2.75) is 45.8 Å². The van der Waals surface area contributed by atoms with Crippen LogP contribution >= 0.6 is 0 Å². The molecule has 2 heterocycles. The molecule has 1 aliphatic rings. The normalized spacial score (nSPS) is 17.7. The van der Waals surface area contributed by atoms with Crippen LogP contribution in [0.4, 0.5) is 0 Å². The molecule has 6 nitrogen and oxygen atoms in total. The maximum absolute atomic E-state index is 11.8. The lowest BCUT2D eigenvalue weighted by Crippen LogP contribution is -2.37. The molecule has 134 valence electrons. The molecule has 1 fully saturated rings. The minimum absolute atomic E-state index is 0.0692. The Balaban J connectivity index is 2.08. The van der Waals surface area contributed by atoms with E-state index in [4.69, 9.17) is 15.2 Å². The molecule has 3 N–H and O–H groups in total. The number of fused-ring (bicyclic) bond motifs is 1. The number of nitrogens with one attached hydrogen (secondary N) is 1. The van der Waals surface area contributed by atoms with Gasteiger partial charge in [-0.25, -0.2) is 4.98 Å².